The Kier molecular flexibility index (Phi) is 3.62. The zero-order chi connectivity index (χ0) is 15.8. The van der Waals surface area contributed by atoms with Gasteiger partial charge in [0.2, 0.25) is 5.95 Å². The van der Waals surface area contributed by atoms with Crippen LogP contribution in [0.3, 0.4) is 0 Å². The van der Waals surface area contributed by atoms with E-state index in [1.54, 1.807) is 0 Å². The second-order valence-corrected chi connectivity index (χ2v) is 7.14. The minimum Gasteiger partial charge on any atom is -0.355 e. The van der Waals surface area contributed by atoms with Crippen molar-refractivity contribution < 1.29 is 0 Å². The molecule has 3 heterocycles. The third-order valence-electron chi connectivity index (χ3n) is 4.31. The van der Waals surface area contributed by atoms with Crippen molar-refractivity contribution in [3.63, 3.8) is 0 Å². The van der Waals surface area contributed by atoms with Crippen molar-refractivity contribution in [1.82, 2.24) is 14.3 Å². The number of aryl methyl sites for hydroxylation is 1. The van der Waals surface area contributed by atoms with Crippen LogP contribution >= 0.6 is 11.5 Å². The summed E-state index contributed by atoms with van der Waals surface area (Å²) in [7, 11) is 0. The lowest BCUT2D eigenvalue weighted by Crippen LogP contribution is -2.47. The largest absolute Gasteiger partial charge is 0.355 e. The summed E-state index contributed by atoms with van der Waals surface area (Å²) in [4.78, 5) is 11.5. The highest BCUT2D eigenvalue weighted by molar-refractivity contribution is 7.10. The van der Waals surface area contributed by atoms with Gasteiger partial charge in [0, 0.05) is 37.2 Å². The van der Waals surface area contributed by atoms with Crippen LogP contribution in [0.1, 0.15) is 36.4 Å². The first kappa shape index (κ1) is 14.4. The lowest BCUT2D eigenvalue weighted by atomic mass is 9.96. The molecule has 2 aromatic rings. The Bertz CT molecular complexity index is 754. The molecule has 0 radical (unpaired) electrons. The van der Waals surface area contributed by atoms with Gasteiger partial charge in [0.15, 0.2) is 0 Å². The Balaban J connectivity index is 1.55. The van der Waals surface area contributed by atoms with E-state index in [4.69, 9.17) is 10.2 Å². The van der Waals surface area contributed by atoms with E-state index in [-0.39, 0.29) is 0 Å². The first-order valence-corrected chi connectivity index (χ1v) is 8.69. The summed E-state index contributed by atoms with van der Waals surface area (Å²) >= 11 is 1.42. The van der Waals surface area contributed by atoms with E-state index in [2.05, 4.69) is 25.6 Å². The molecule has 0 unspecified atom stereocenters. The Morgan fingerprint density at radius 2 is 2.26 bits per heavy atom. The van der Waals surface area contributed by atoms with Gasteiger partial charge in [0.25, 0.3) is 0 Å². The molecule has 1 aliphatic heterocycles. The van der Waals surface area contributed by atoms with Crippen molar-refractivity contribution in [2.75, 3.05) is 23.3 Å². The van der Waals surface area contributed by atoms with Crippen LogP contribution < -0.4 is 10.2 Å². The molecule has 2 aromatic heterocycles. The van der Waals surface area contributed by atoms with Crippen molar-refractivity contribution >= 4 is 28.3 Å². The highest BCUT2D eigenvalue weighted by Gasteiger charge is 2.34. The molecule has 0 aromatic carbocycles. The minimum atomic E-state index is 0.475. The second kappa shape index (κ2) is 5.78. The van der Waals surface area contributed by atoms with E-state index >= 15 is 0 Å². The van der Waals surface area contributed by atoms with Crippen LogP contribution in [0.15, 0.2) is 12.3 Å². The number of rotatable bonds is 5. The highest BCUT2D eigenvalue weighted by Crippen LogP contribution is 2.45. The molecule has 0 spiro atoms. The zero-order valence-electron chi connectivity index (χ0n) is 13.0. The Morgan fingerprint density at radius 1 is 1.43 bits per heavy atom. The Labute approximate surface area is 139 Å². The number of hydrogen-bond acceptors (Lipinski definition) is 7. The molecule has 0 bridgehead atoms. The van der Waals surface area contributed by atoms with Crippen molar-refractivity contribution in [3.8, 4) is 6.07 Å². The van der Waals surface area contributed by atoms with Crippen LogP contribution in [-0.4, -0.2) is 27.4 Å². The van der Waals surface area contributed by atoms with Gasteiger partial charge in [-0.1, -0.05) is 0 Å². The van der Waals surface area contributed by atoms with E-state index in [1.807, 2.05) is 19.2 Å². The minimum absolute atomic E-state index is 0.475. The first-order valence-electron chi connectivity index (χ1n) is 7.92. The molecule has 2 aliphatic rings. The van der Waals surface area contributed by atoms with Gasteiger partial charge in [-0.3, -0.25) is 0 Å². The molecule has 7 heteroatoms. The lowest BCUT2D eigenvalue weighted by molar-refractivity contribution is 0.414. The summed E-state index contributed by atoms with van der Waals surface area (Å²) in [5, 5.41) is 13.0. The van der Waals surface area contributed by atoms with Gasteiger partial charge in [-0.25, -0.2) is 4.98 Å². The molecule has 0 amide bonds. The van der Waals surface area contributed by atoms with Gasteiger partial charge < -0.3 is 10.2 Å². The average molecular weight is 326 g/mol. The fraction of sp³-hybridized carbons (Fsp3) is 0.500. The molecular weight excluding hydrogens is 308 g/mol. The third-order valence-corrected chi connectivity index (χ3v) is 5.11. The molecule has 6 nitrogen and oxygen atoms in total. The fourth-order valence-corrected chi connectivity index (χ4v) is 3.57. The summed E-state index contributed by atoms with van der Waals surface area (Å²) in [6.45, 7) is 3.81. The third kappa shape index (κ3) is 2.99. The second-order valence-electron chi connectivity index (χ2n) is 6.34. The van der Waals surface area contributed by atoms with E-state index in [9.17, 15) is 0 Å². The fourth-order valence-electron chi connectivity index (χ4n) is 2.91. The van der Waals surface area contributed by atoms with Gasteiger partial charge in [-0.15, -0.1) is 0 Å². The quantitative estimate of drug-likeness (QED) is 0.909. The monoisotopic (exact) mass is 326 g/mol. The predicted molar refractivity (Wildman–Crippen MR) is 90.1 cm³/mol. The van der Waals surface area contributed by atoms with Crippen LogP contribution in [0.25, 0.3) is 0 Å². The molecule has 0 atom stereocenters. The standard InChI is InChI=1S/C16H18N6S/c1-10-6-14(23-21-10)19-16-18-7-13(12-2-3-12)15(20-16)22-8-11(9-22)4-5-17/h6-7,11-12H,2-4,8-9H2,1H3,(H,18,19,20). The smallest absolute Gasteiger partial charge is 0.229 e. The number of nitrogens with one attached hydrogen (secondary N) is 1. The molecule has 1 saturated carbocycles. The number of nitriles is 1. The normalized spacial score (nSPS) is 17.7. The van der Waals surface area contributed by atoms with Gasteiger partial charge in [-0.05, 0) is 43.3 Å². The maximum Gasteiger partial charge on any atom is 0.229 e. The summed E-state index contributed by atoms with van der Waals surface area (Å²) < 4.78 is 4.27. The van der Waals surface area contributed by atoms with Crippen molar-refractivity contribution in [1.29, 1.82) is 5.26 Å². The Hall–Kier alpha value is -2.20. The number of aromatic nitrogens is 3. The molecule has 1 N–H and O–H groups in total. The van der Waals surface area contributed by atoms with E-state index < -0.39 is 0 Å². The topological polar surface area (TPSA) is 77.7 Å². The molecule has 118 valence electrons. The van der Waals surface area contributed by atoms with Crippen LogP contribution in [0.4, 0.5) is 16.8 Å². The van der Waals surface area contributed by atoms with Crippen LogP contribution in [0, 0.1) is 24.2 Å². The summed E-state index contributed by atoms with van der Waals surface area (Å²) in [6.07, 6.45) is 5.05. The first-order chi connectivity index (χ1) is 11.2. The molecule has 2 fully saturated rings. The maximum atomic E-state index is 8.81. The van der Waals surface area contributed by atoms with Crippen molar-refractivity contribution in [2.45, 2.75) is 32.1 Å². The molecule has 23 heavy (non-hydrogen) atoms. The molecule has 4 rings (SSSR count). The maximum absolute atomic E-state index is 8.81. The van der Waals surface area contributed by atoms with Crippen LogP contribution in [0.2, 0.25) is 0 Å². The van der Waals surface area contributed by atoms with Crippen LogP contribution in [-0.2, 0) is 0 Å². The molecular formula is C16H18N6S. The number of nitrogens with zero attached hydrogens (tertiary/aromatic N) is 5. The van der Waals surface area contributed by atoms with Crippen molar-refractivity contribution in [3.05, 3.63) is 23.5 Å². The van der Waals surface area contributed by atoms with Crippen molar-refractivity contribution in [2.24, 2.45) is 5.92 Å². The Morgan fingerprint density at radius 3 is 2.91 bits per heavy atom. The van der Waals surface area contributed by atoms with Gasteiger partial charge >= 0.3 is 0 Å². The van der Waals surface area contributed by atoms with E-state index in [0.717, 1.165) is 29.6 Å². The SMILES string of the molecule is Cc1cc(Nc2ncc(C3CC3)c(N3CC(CC#N)C3)n2)sn1. The zero-order valence-corrected chi connectivity index (χ0v) is 13.8. The molecule has 1 aliphatic carbocycles. The number of hydrogen-bond donors (Lipinski definition) is 1. The summed E-state index contributed by atoms with van der Waals surface area (Å²) in [5.74, 6) is 2.75. The average Bonchev–Trinajstić information content (AvgIpc) is 3.26. The van der Waals surface area contributed by atoms with Gasteiger partial charge in [0.05, 0.1) is 11.8 Å². The van der Waals surface area contributed by atoms with Gasteiger partial charge in [-0.2, -0.15) is 14.6 Å². The predicted octanol–water partition coefficient (Wildman–Crippen LogP) is 3.21. The van der Waals surface area contributed by atoms with Crippen LogP contribution in [0.5, 0.6) is 0 Å². The lowest BCUT2D eigenvalue weighted by Gasteiger charge is -2.40. The van der Waals surface area contributed by atoms with E-state index in [0.29, 0.717) is 24.2 Å². The van der Waals surface area contributed by atoms with E-state index in [1.165, 1.54) is 29.9 Å². The summed E-state index contributed by atoms with van der Waals surface area (Å²) in [5.41, 5.74) is 2.25. The van der Waals surface area contributed by atoms with Gasteiger partial charge in [0.1, 0.15) is 10.8 Å². The molecule has 1 saturated heterocycles. The number of anilines is 3. The highest BCUT2D eigenvalue weighted by atomic mass is 32.1. The summed E-state index contributed by atoms with van der Waals surface area (Å²) in [6, 6.07) is 4.26.